The molecule has 1 heterocycles. The second-order valence-electron chi connectivity index (χ2n) is 8.50. The molecule has 0 spiro atoms. The highest BCUT2D eigenvalue weighted by Crippen LogP contribution is 2.43. The highest BCUT2D eigenvalue weighted by molar-refractivity contribution is 9.10. The van der Waals surface area contributed by atoms with Crippen LogP contribution >= 0.6 is 39.3 Å². The number of aromatic nitrogens is 3. The van der Waals surface area contributed by atoms with Crippen molar-refractivity contribution in [3.05, 3.63) is 103 Å². The van der Waals surface area contributed by atoms with Crippen LogP contribution in [0.1, 0.15) is 34.7 Å². The summed E-state index contributed by atoms with van der Waals surface area (Å²) in [5.41, 5.74) is 3.64. The summed E-state index contributed by atoms with van der Waals surface area (Å²) in [5.74, 6) is 1.71. The fourth-order valence-corrected chi connectivity index (χ4v) is 5.72. The Kier molecular flexibility index (Phi) is 9.30. The molecule has 4 aromatic rings. The molecule has 0 unspecified atom stereocenters. The van der Waals surface area contributed by atoms with Gasteiger partial charge in [-0.2, -0.15) is 0 Å². The van der Waals surface area contributed by atoms with Gasteiger partial charge in [-0.3, -0.25) is 14.7 Å². The van der Waals surface area contributed by atoms with Crippen LogP contribution in [0.5, 0.6) is 11.5 Å². The standard InChI is InChI=1S/C27H26BrClN4O4S/c1-4-36-24-14-20(13-23(28)26(24)37-16-19-8-10-21(29)11-9-19)25(15-32(34)35)38-27-31-30-18(3)33(27)22-7-5-6-17(2)12-22/h5-14,25H,4,15-16H2,1-3H3/t25-/m1/s1. The molecule has 0 fully saturated rings. The van der Waals surface area contributed by atoms with E-state index in [4.69, 9.17) is 21.1 Å². The molecular weight excluding hydrogens is 592 g/mol. The summed E-state index contributed by atoms with van der Waals surface area (Å²) < 4.78 is 14.5. The normalized spacial score (nSPS) is 11.8. The Bertz CT molecular complexity index is 1430. The fourth-order valence-electron chi connectivity index (χ4n) is 3.87. The summed E-state index contributed by atoms with van der Waals surface area (Å²) in [6.45, 7) is 6.14. The Morgan fingerprint density at radius 2 is 1.87 bits per heavy atom. The monoisotopic (exact) mass is 616 g/mol. The van der Waals surface area contributed by atoms with E-state index in [-0.39, 0.29) is 11.5 Å². The number of halogens is 2. The smallest absolute Gasteiger partial charge is 0.220 e. The Morgan fingerprint density at radius 3 is 2.55 bits per heavy atom. The first kappa shape index (κ1) is 27.9. The van der Waals surface area contributed by atoms with Crippen LogP contribution in [-0.2, 0) is 6.61 Å². The van der Waals surface area contributed by atoms with Gasteiger partial charge in [-0.05, 0) is 89.8 Å². The minimum Gasteiger partial charge on any atom is -0.490 e. The average Bonchev–Trinajstić information content (AvgIpc) is 3.23. The van der Waals surface area contributed by atoms with E-state index in [0.717, 1.165) is 16.8 Å². The minimum absolute atomic E-state index is 0.307. The van der Waals surface area contributed by atoms with Gasteiger partial charge in [-0.1, -0.05) is 47.6 Å². The van der Waals surface area contributed by atoms with Crippen molar-refractivity contribution in [2.75, 3.05) is 13.2 Å². The molecule has 1 atom stereocenters. The van der Waals surface area contributed by atoms with E-state index < -0.39 is 5.25 Å². The number of ether oxygens (including phenoxy) is 2. The molecule has 0 bridgehead atoms. The molecule has 0 saturated carbocycles. The van der Waals surface area contributed by atoms with E-state index in [9.17, 15) is 10.1 Å². The fraction of sp³-hybridized carbons (Fsp3) is 0.259. The van der Waals surface area contributed by atoms with Gasteiger partial charge in [0.2, 0.25) is 6.54 Å². The zero-order valence-corrected chi connectivity index (χ0v) is 24.2. The highest BCUT2D eigenvalue weighted by Gasteiger charge is 2.26. The van der Waals surface area contributed by atoms with Crippen LogP contribution in [0.3, 0.4) is 0 Å². The molecule has 3 aromatic carbocycles. The highest BCUT2D eigenvalue weighted by atomic mass is 79.9. The molecule has 0 saturated heterocycles. The Hall–Kier alpha value is -3.08. The van der Waals surface area contributed by atoms with Gasteiger partial charge in [0, 0.05) is 15.6 Å². The first-order valence-corrected chi connectivity index (χ1v) is 13.9. The summed E-state index contributed by atoms with van der Waals surface area (Å²) in [6, 6.07) is 19.0. The number of thioether (sulfide) groups is 1. The van der Waals surface area contributed by atoms with Crippen molar-refractivity contribution in [3.63, 3.8) is 0 Å². The van der Waals surface area contributed by atoms with Crippen molar-refractivity contribution in [2.45, 2.75) is 37.8 Å². The third kappa shape index (κ3) is 6.86. The molecule has 8 nitrogen and oxygen atoms in total. The second kappa shape index (κ2) is 12.6. The molecule has 11 heteroatoms. The molecule has 0 N–H and O–H groups in total. The molecule has 38 heavy (non-hydrogen) atoms. The van der Waals surface area contributed by atoms with Crippen molar-refractivity contribution in [1.82, 2.24) is 14.8 Å². The molecule has 1 aromatic heterocycles. The summed E-state index contributed by atoms with van der Waals surface area (Å²) in [5, 5.41) is 20.9. The van der Waals surface area contributed by atoms with Crippen LogP contribution in [0.15, 0.2) is 70.3 Å². The van der Waals surface area contributed by atoms with Crippen LogP contribution in [0, 0.1) is 24.0 Å². The number of aryl methyl sites for hydroxylation is 2. The predicted octanol–water partition coefficient (Wildman–Crippen LogP) is 7.39. The van der Waals surface area contributed by atoms with Crippen LogP contribution in [0.4, 0.5) is 0 Å². The summed E-state index contributed by atoms with van der Waals surface area (Å²) in [4.78, 5) is 11.4. The molecule has 0 aliphatic carbocycles. The second-order valence-corrected chi connectivity index (χ2v) is 11.0. The maximum atomic E-state index is 11.7. The van der Waals surface area contributed by atoms with E-state index in [1.54, 1.807) is 18.2 Å². The molecule has 4 rings (SSSR count). The number of rotatable bonds is 11. The van der Waals surface area contributed by atoms with E-state index in [1.807, 2.05) is 67.8 Å². The van der Waals surface area contributed by atoms with Crippen molar-refractivity contribution in [3.8, 4) is 17.2 Å². The average molecular weight is 618 g/mol. The van der Waals surface area contributed by atoms with Crippen LogP contribution in [0.25, 0.3) is 5.69 Å². The number of hydrogen-bond acceptors (Lipinski definition) is 7. The summed E-state index contributed by atoms with van der Waals surface area (Å²) in [6.07, 6.45) is 0. The lowest BCUT2D eigenvalue weighted by atomic mass is 10.1. The molecule has 198 valence electrons. The van der Waals surface area contributed by atoms with Gasteiger partial charge in [0.15, 0.2) is 16.7 Å². The SMILES string of the molecule is CCOc1cc([C@@H](C[N+](=O)[O-])Sc2nnc(C)n2-c2cccc(C)c2)cc(Br)c1OCc1ccc(Cl)cc1. The molecular formula is C27H26BrClN4O4S. The van der Waals surface area contributed by atoms with E-state index in [0.29, 0.717) is 50.8 Å². The number of nitro groups is 1. The van der Waals surface area contributed by atoms with Crippen molar-refractivity contribution in [2.24, 2.45) is 0 Å². The van der Waals surface area contributed by atoms with Gasteiger partial charge in [0.25, 0.3) is 0 Å². The Labute approximate surface area is 238 Å². The predicted molar refractivity (Wildman–Crippen MR) is 152 cm³/mol. The molecule has 0 aliphatic heterocycles. The maximum Gasteiger partial charge on any atom is 0.220 e. The zero-order chi connectivity index (χ0) is 27.2. The van der Waals surface area contributed by atoms with Crippen LogP contribution in [0.2, 0.25) is 5.02 Å². The molecule has 0 aliphatic rings. The first-order valence-electron chi connectivity index (χ1n) is 11.9. The van der Waals surface area contributed by atoms with Crippen LogP contribution in [-0.4, -0.2) is 32.8 Å². The number of benzene rings is 3. The third-order valence-corrected chi connectivity index (χ3v) is 7.64. The molecule has 0 amide bonds. The molecule has 0 radical (unpaired) electrons. The Balaban J connectivity index is 1.67. The maximum absolute atomic E-state index is 11.7. The van der Waals surface area contributed by atoms with E-state index in [1.165, 1.54) is 11.8 Å². The van der Waals surface area contributed by atoms with E-state index >= 15 is 0 Å². The number of nitrogens with zero attached hydrogens (tertiary/aromatic N) is 4. The lowest BCUT2D eigenvalue weighted by Crippen LogP contribution is -2.12. The van der Waals surface area contributed by atoms with Crippen molar-refractivity contribution < 1.29 is 14.4 Å². The van der Waals surface area contributed by atoms with Crippen molar-refractivity contribution >= 4 is 39.3 Å². The Morgan fingerprint density at radius 1 is 1.11 bits per heavy atom. The zero-order valence-electron chi connectivity index (χ0n) is 21.1. The quantitative estimate of drug-likeness (QED) is 0.0984. The van der Waals surface area contributed by atoms with Gasteiger partial charge in [0.1, 0.15) is 17.7 Å². The summed E-state index contributed by atoms with van der Waals surface area (Å²) >= 11 is 10.9. The van der Waals surface area contributed by atoms with Gasteiger partial charge in [-0.25, -0.2) is 0 Å². The lowest BCUT2D eigenvalue weighted by molar-refractivity contribution is -0.479. The van der Waals surface area contributed by atoms with Gasteiger partial charge in [-0.15, -0.1) is 10.2 Å². The largest absolute Gasteiger partial charge is 0.490 e. The van der Waals surface area contributed by atoms with Gasteiger partial charge < -0.3 is 9.47 Å². The van der Waals surface area contributed by atoms with E-state index in [2.05, 4.69) is 26.1 Å². The minimum atomic E-state index is -0.557. The van der Waals surface area contributed by atoms with Crippen molar-refractivity contribution in [1.29, 1.82) is 0 Å². The van der Waals surface area contributed by atoms with Gasteiger partial charge in [0.05, 0.1) is 11.1 Å². The first-order chi connectivity index (χ1) is 18.2. The third-order valence-electron chi connectivity index (χ3n) is 5.62. The van der Waals surface area contributed by atoms with Crippen LogP contribution < -0.4 is 9.47 Å². The topological polar surface area (TPSA) is 92.3 Å². The van der Waals surface area contributed by atoms with Gasteiger partial charge >= 0.3 is 0 Å². The lowest BCUT2D eigenvalue weighted by Gasteiger charge is -2.19. The summed E-state index contributed by atoms with van der Waals surface area (Å²) in [7, 11) is 0. The number of hydrogen-bond donors (Lipinski definition) is 0.